The third-order valence-electron chi connectivity index (χ3n) is 3.82. The van der Waals surface area contributed by atoms with Gasteiger partial charge in [-0.15, -0.1) is 0 Å². The SMILES string of the molecule is O=[N+]([O-])c1ccc(Cl)cc1CNc1ccc2c(c1)CCC2. The maximum Gasteiger partial charge on any atom is 0.274 e. The van der Waals surface area contributed by atoms with E-state index < -0.39 is 0 Å². The highest BCUT2D eigenvalue weighted by molar-refractivity contribution is 6.30. The third kappa shape index (κ3) is 3.00. The number of anilines is 1. The summed E-state index contributed by atoms with van der Waals surface area (Å²) < 4.78 is 0. The summed E-state index contributed by atoms with van der Waals surface area (Å²) in [5.41, 5.74) is 4.46. The Morgan fingerprint density at radius 2 is 1.95 bits per heavy atom. The molecule has 0 spiro atoms. The van der Waals surface area contributed by atoms with Crippen LogP contribution < -0.4 is 5.32 Å². The quantitative estimate of drug-likeness (QED) is 0.675. The van der Waals surface area contributed by atoms with Gasteiger partial charge in [-0.1, -0.05) is 17.7 Å². The summed E-state index contributed by atoms with van der Waals surface area (Å²) in [4.78, 5) is 10.7. The summed E-state index contributed by atoms with van der Waals surface area (Å²) in [5, 5.41) is 14.8. The minimum absolute atomic E-state index is 0.0908. The Balaban J connectivity index is 1.78. The molecule has 21 heavy (non-hydrogen) atoms. The molecule has 0 bridgehead atoms. The number of nitrogens with zero attached hydrogens (tertiary/aromatic N) is 1. The van der Waals surface area contributed by atoms with E-state index in [0.29, 0.717) is 17.1 Å². The Morgan fingerprint density at radius 3 is 2.76 bits per heavy atom. The maximum atomic E-state index is 11.0. The Hall–Kier alpha value is -2.07. The van der Waals surface area contributed by atoms with Crippen LogP contribution in [0, 0.1) is 10.1 Å². The smallest absolute Gasteiger partial charge is 0.274 e. The molecule has 1 aliphatic carbocycles. The summed E-state index contributed by atoms with van der Waals surface area (Å²) in [6, 6.07) is 10.9. The van der Waals surface area contributed by atoms with Gasteiger partial charge in [-0.05, 0) is 54.7 Å². The van der Waals surface area contributed by atoms with Crippen LogP contribution in [0.15, 0.2) is 36.4 Å². The lowest BCUT2D eigenvalue weighted by Crippen LogP contribution is -2.03. The van der Waals surface area contributed by atoms with Gasteiger partial charge in [0, 0.05) is 23.3 Å². The van der Waals surface area contributed by atoms with Crippen molar-refractivity contribution < 1.29 is 4.92 Å². The Bertz CT molecular complexity index is 701. The summed E-state index contributed by atoms with van der Waals surface area (Å²) in [7, 11) is 0. The molecule has 0 saturated heterocycles. The molecule has 5 heteroatoms. The number of rotatable bonds is 4. The van der Waals surface area contributed by atoms with Crippen LogP contribution in [0.4, 0.5) is 11.4 Å². The number of aryl methyl sites for hydroxylation is 2. The van der Waals surface area contributed by atoms with E-state index in [0.717, 1.165) is 18.5 Å². The van der Waals surface area contributed by atoms with Crippen LogP contribution in [0.2, 0.25) is 5.02 Å². The molecule has 0 radical (unpaired) electrons. The van der Waals surface area contributed by atoms with Crippen LogP contribution in [0.3, 0.4) is 0 Å². The van der Waals surface area contributed by atoms with Crippen molar-refractivity contribution in [3.63, 3.8) is 0 Å². The van der Waals surface area contributed by atoms with Gasteiger partial charge in [0.05, 0.1) is 10.5 Å². The van der Waals surface area contributed by atoms with Gasteiger partial charge in [-0.2, -0.15) is 0 Å². The highest BCUT2D eigenvalue weighted by atomic mass is 35.5. The fourth-order valence-electron chi connectivity index (χ4n) is 2.75. The van der Waals surface area contributed by atoms with Crippen molar-refractivity contribution in [2.24, 2.45) is 0 Å². The van der Waals surface area contributed by atoms with Gasteiger partial charge in [-0.3, -0.25) is 10.1 Å². The van der Waals surface area contributed by atoms with Crippen LogP contribution in [0.25, 0.3) is 0 Å². The first-order valence-corrected chi connectivity index (χ1v) is 7.30. The van der Waals surface area contributed by atoms with Crippen molar-refractivity contribution in [1.82, 2.24) is 0 Å². The van der Waals surface area contributed by atoms with E-state index >= 15 is 0 Å². The lowest BCUT2D eigenvalue weighted by atomic mass is 10.1. The van der Waals surface area contributed by atoms with Gasteiger partial charge in [0.2, 0.25) is 0 Å². The summed E-state index contributed by atoms with van der Waals surface area (Å²) in [6.45, 7) is 0.385. The number of nitrogens with one attached hydrogen (secondary N) is 1. The van der Waals surface area contributed by atoms with Gasteiger partial charge in [0.15, 0.2) is 0 Å². The predicted octanol–water partition coefficient (Wildman–Crippen LogP) is 4.35. The number of nitro benzene ring substituents is 1. The fraction of sp³-hybridized carbons (Fsp3) is 0.250. The highest BCUT2D eigenvalue weighted by Gasteiger charge is 2.14. The minimum Gasteiger partial charge on any atom is -0.381 e. The number of fused-ring (bicyclic) bond motifs is 1. The summed E-state index contributed by atoms with van der Waals surface area (Å²) in [6.07, 6.45) is 3.47. The van der Waals surface area contributed by atoms with Crippen LogP contribution in [-0.4, -0.2) is 4.92 Å². The molecule has 0 heterocycles. The maximum absolute atomic E-state index is 11.0. The predicted molar refractivity (Wildman–Crippen MR) is 83.9 cm³/mol. The lowest BCUT2D eigenvalue weighted by Gasteiger charge is -2.09. The molecule has 0 unspecified atom stereocenters. The zero-order valence-corrected chi connectivity index (χ0v) is 12.2. The summed E-state index contributed by atoms with van der Waals surface area (Å²) >= 11 is 5.93. The van der Waals surface area contributed by atoms with Crippen molar-refractivity contribution in [3.05, 3.63) is 68.2 Å². The number of hydrogen-bond acceptors (Lipinski definition) is 3. The first-order chi connectivity index (χ1) is 10.1. The molecule has 0 saturated carbocycles. The van der Waals surface area contributed by atoms with E-state index in [2.05, 4.69) is 17.4 Å². The van der Waals surface area contributed by atoms with Crippen molar-refractivity contribution in [3.8, 4) is 0 Å². The molecule has 2 aromatic carbocycles. The average Bonchev–Trinajstić information content (AvgIpc) is 2.92. The second kappa shape index (κ2) is 5.74. The molecule has 0 atom stereocenters. The molecule has 0 aromatic heterocycles. The standard InChI is InChI=1S/C16H15ClN2O2/c17-14-5-7-16(19(20)21)13(8-14)10-18-15-6-4-11-2-1-3-12(11)9-15/h4-9,18H,1-3,10H2. The van der Waals surface area contributed by atoms with Crippen LogP contribution in [0.1, 0.15) is 23.1 Å². The van der Waals surface area contributed by atoms with E-state index in [-0.39, 0.29) is 10.6 Å². The molecule has 3 rings (SSSR count). The fourth-order valence-corrected chi connectivity index (χ4v) is 2.95. The monoisotopic (exact) mass is 302 g/mol. The summed E-state index contributed by atoms with van der Waals surface area (Å²) in [5.74, 6) is 0. The Kier molecular flexibility index (Phi) is 3.80. The lowest BCUT2D eigenvalue weighted by molar-refractivity contribution is -0.385. The Morgan fingerprint density at radius 1 is 1.14 bits per heavy atom. The van der Waals surface area contributed by atoms with Crippen LogP contribution in [-0.2, 0) is 19.4 Å². The van der Waals surface area contributed by atoms with Gasteiger partial charge in [0.25, 0.3) is 5.69 Å². The third-order valence-corrected chi connectivity index (χ3v) is 4.05. The Labute approximate surface area is 127 Å². The van der Waals surface area contributed by atoms with E-state index in [1.165, 1.54) is 23.6 Å². The van der Waals surface area contributed by atoms with E-state index in [4.69, 9.17) is 11.6 Å². The van der Waals surface area contributed by atoms with E-state index in [1.54, 1.807) is 12.1 Å². The van der Waals surface area contributed by atoms with Gasteiger partial charge >= 0.3 is 0 Å². The van der Waals surface area contributed by atoms with Crippen LogP contribution in [0.5, 0.6) is 0 Å². The van der Waals surface area contributed by atoms with Gasteiger partial charge in [0.1, 0.15) is 0 Å². The molecule has 2 aromatic rings. The molecular formula is C16H15ClN2O2. The van der Waals surface area contributed by atoms with Crippen molar-refractivity contribution >= 4 is 23.0 Å². The zero-order valence-electron chi connectivity index (χ0n) is 11.4. The largest absolute Gasteiger partial charge is 0.381 e. The van der Waals surface area contributed by atoms with Gasteiger partial charge in [-0.25, -0.2) is 0 Å². The topological polar surface area (TPSA) is 55.2 Å². The van der Waals surface area contributed by atoms with Crippen LogP contribution >= 0.6 is 11.6 Å². The molecule has 108 valence electrons. The van der Waals surface area contributed by atoms with Crippen molar-refractivity contribution in [2.45, 2.75) is 25.8 Å². The van der Waals surface area contributed by atoms with Crippen molar-refractivity contribution in [2.75, 3.05) is 5.32 Å². The highest BCUT2D eigenvalue weighted by Crippen LogP contribution is 2.27. The minimum atomic E-state index is -0.379. The normalized spacial score (nSPS) is 13.0. The number of halogens is 1. The second-order valence-corrected chi connectivity index (χ2v) is 5.66. The second-order valence-electron chi connectivity index (χ2n) is 5.22. The number of nitro groups is 1. The molecular weight excluding hydrogens is 288 g/mol. The first kappa shape index (κ1) is 13.9. The number of benzene rings is 2. The average molecular weight is 303 g/mol. The molecule has 1 aliphatic rings. The molecule has 0 aliphatic heterocycles. The van der Waals surface area contributed by atoms with Gasteiger partial charge < -0.3 is 5.32 Å². The first-order valence-electron chi connectivity index (χ1n) is 6.92. The molecule has 0 fully saturated rings. The zero-order chi connectivity index (χ0) is 14.8. The molecule has 0 amide bonds. The van der Waals surface area contributed by atoms with E-state index in [1.807, 2.05) is 6.07 Å². The van der Waals surface area contributed by atoms with Crippen molar-refractivity contribution in [1.29, 1.82) is 0 Å². The number of hydrogen-bond donors (Lipinski definition) is 1. The molecule has 1 N–H and O–H groups in total. The van der Waals surface area contributed by atoms with E-state index in [9.17, 15) is 10.1 Å². The molecule has 4 nitrogen and oxygen atoms in total.